The van der Waals surface area contributed by atoms with Gasteiger partial charge >= 0.3 is 0 Å². The molecule has 2 aromatic carbocycles. The molecule has 0 atom stereocenters. The second-order valence-electron chi connectivity index (χ2n) is 6.42. The van der Waals surface area contributed by atoms with Gasteiger partial charge in [-0.25, -0.2) is 12.8 Å². The first-order chi connectivity index (χ1) is 13.4. The van der Waals surface area contributed by atoms with E-state index in [2.05, 4.69) is 10.2 Å². The van der Waals surface area contributed by atoms with Crippen molar-refractivity contribution >= 4 is 33.2 Å². The van der Waals surface area contributed by atoms with Crippen LogP contribution in [0.25, 0.3) is 0 Å². The van der Waals surface area contributed by atoms with Crippen molar-refractivity contribution in [2.75, 3.05) is 43.4 Å². The van der Waals surface area contributed by atoms with Crippen molar-refractivity contribution in [1.29, 1.82) is 0 Å². The molecule has 1 aliphatic heterocycles. The zero-order valence-electron chi connectivity index (χ0n) is 15.1. The summed E-state index contributed by atoms with van der Waals surface area (Å²) in [7, 11) is -3.51. The Hall–Kier alpha value is -2.16. The van der Waals surface area contributed by atoms with Gasteiger partial charge in [-0.3, -0.25) is 4.79 Å². The van der Waals surface area contributed by atoms with Gasteiger partial charge in [0, 0.05) is 43.4 Å². The van der Waals surface area contributed by atoms with E-state index < -0.39 is 21.7 Å². The summed E-state index contributed by atoms with van der Waals surface area (Å²) in [5, 5.41) is 3.10. The van der Waals surface area contributed by atoms with E-state index in [1.165, 1.54) is 22.5 Å². The Labute approximate surface area is 168 Å². The summed E-state index contributed by atoms with van der Waals surface area (Å²) >= 11 is 6.01. The number of anilines is 1. The molecule has 150 valence electrons. The molecule has 0 saturated carbocycles. The molecular weight excluding hydrogens is 405 g/mol. The first kappa shape index (κ1) is 20.6. The Morgan fingerprint density at radius 2 is 1.79 bits per heavy atom. The summed E-state index contributed by atoms with van der Waals surface area (Å²) in [5.74, 6) is -1.50. The van der Waals surface area contributed by atoms with Crippen molar-refractivity contribution in [2.45, 2.75) is 0 Å². The minimum absolute atomic E-state index is 0.0794. The van der Waals surface area contributed by atoms with Gasteiger partial charge in [0.05, 0.1) is 11.3 Å². The highest BCUT2D eigenvalue weighted by Gasteiger charge is 2.27. The molecule has 0 unspecified atom stereocenters. The summed E-state index contributed by atoms with van der Waals surface area (Å²) < 4.78 is 40.1. The van der Waals surface area contributed by atoms with Crippen LogP contribution in [0.4, 0.5) is 10.1 Å². The second kappa shape index (κ2) is 8.89. The molecule has 1 aliphatic rings. The van der Waals surface area contributed by atoms with E-state index in [0.717, 1.165) is 5.69 Å². The molecule has 0 bridgehead atoms. The Kier molecular flexibility index (Phi) is 6.53. The minimum atomic E-state index is -3.51. The lowest BCUT2D eigenvalue weighted by molar-refractivity contribution is 0.0952. The number of nitrogens with zero attached hydrogens (tertiary/aromatic N) is 2. The lowest BCUT2D eigenvalue weighted by Gasteiger charge is -2.35. The molecule has 1 heterocycles. The smallest absolute Gasteiger partial charge is 0.254 e. The molecule has 1 fully saturated rings. The van der Waals surface area contributed by atoms with E-state index in [9.17, 15) is 17.6 Å². The van der Waals surface area contributed by atoms with Crippen molar-refractivity contribution in [2.24, 2.45) is 0 Å². The SMILES string of the molecule is O=C(NCCS(=O)(=O)N1CCN(c2cccc(Cl)c2)CC1)c1ccccc1F. The number of carbonyl (C=O) groups excluding carboxylic acids is 1. The van der Waals surface area contributed by atoms with Gasteiger partial charge in [0.1, 0.15) is 5.82 Å². The van der Waals surface area contributed by atoms with Crippen LogP contribution in [0.1, 0.15) is 10.4 Å². The molecule has 0 radical (unpaired) electrons. The monoisotopic (exact) mass is 425 g/mol. The van der Waals surface area contributed by atoms with E-state index in [0.29, 0.717) is 31.2 Å². The van der Waals surface area contributed by atoms with Crippen LogP contribution >= 0.6 is 11.6 Å². The van der Waals surface area contributed by atoms with Gasteiger partial charge in [0.2, 0.25) is 10.0 Å². The lowest BCUT2D eigenvalue weighted by atomic mass is 10.2. The van der Waals surface area contributed by atoms with E-state index >= 15 is 0 Å². The molecule has 3 rings (SSSR count). The van der Waals surface area contributed by atoms with Crippen LogP contribution in [0.5, 0.6) is 0 Å². The number of halogens is 2. The fourth-order valence-electron chi connectivity index (χ4n) is 3.06. The van der Waals surface area contributed by atoms with E-state index in [-0.39, 0.29) is 17.9 Å². The van der Waals surface area contributed by atoms with Crippen LogP contribution in [-0.2, 0) is 10.0 Å². The van der Waals surface area contributed by atoms with Crippen molar-refractivity contribution < 1.29 is 17.6 Å². The highest BCUT2D eigenvalue weighted by Crippen LogP contribution is 2.21. The number of piperazine rings is 1. The number of amides is 1. The fraction of sp³-hybridized carbons (Fsp3) is 0.316. The Bertz CT molecular complexity index is 947. The Balaban J connectivity index is 1.50. The maximum absolute atomic E-state index is 13.6. The van der Waals surface area contributed by atoms with E-state index in [4.69, 9.17) is 11.6 Å². The zero-order valence-corrected chi connectivity index (χ0v) is 16.7. The van der Waals surface area contributed by atoms with Crippen molar-refractivity contribution in [3.8, 4) is 0 Å². The van der Waals surface area contributed by atoms with Gasteiger partial charge in [0.15, 0.2) is 0 Å². The number of nitrogens with one attached hydrogen (secondary N) is 1. The minimum Gasteiger partial charge on any atom is -0.369 e. The number of hydrogen-bond acceptors (Lipinski definition) is 4. The molecule has 0 spiro atoms. The third-order valence-electron chi connectivity index (χ3n) is 4.57. The Morgan fingerprint density at radius 3 is 2.46 bits per heavy atom. The van der Waals surface area contributed by atoms with Crippen LogP contribution in [0.15, 0.2) is 48.5 Å². The normalized spacial score (nSPS) is 15.4. The lowest BCUT2D eigenvalue weighted by Crippen LogP contribution is -2.50. The molecule has 6 nitrogen and oxygen atoms in total. The van der Waals surface area contributed by atoms with Crippen molar-refractivity contribution in [3.63, 3.8) is 0 Å². The van der Waals surface area contributed by atoms with Crippen LogP contribution in [0.3, 0.4) is 0 Å². The maximum atomic E-state index is 13.6. The first-order valence-corrected chi connectivity index (χ1v) is 10.9. The third-order valence-corrected chi connectivity index (χ3v) is 6.68. The standard InChI is InChI=1S/C19H21ClFN3O3S/c20-15-4-3-5-16(14-15)23-9-11-24(12-10-23)28(26,27)13-8-22-19(25)17-6-1-2-7-18(17)21/h1-7,14H,8-13H2,(H,22,25). The average Bonchev–Trinajstić information content (AvgIpc) is 2.68. The van der Waals surface area contributed by atoms with Gasteiger partial charge in [0.25, 0.3) is 5.91 Å². The molecule has 1 saturated heterocycles. The molecule has 0 aliphatic carbocycles. The van der Waals surface area contributed by atoms with E-state index in [1.54, 1.807) is 12.1 Å². The molecular formula is C19H21ClFN3O3S. The first-order valence-electron chi connectivity index (χ1n) is 8.88. The van der Waals surface area contributed by atoms with Crippen molar-refractivity contribution in [3.05, 3.63) is 64.9 Å². The fourth-order valence-corrected chi connectivity index (χ4v) is 4.58. The predicted octanol–water partition coefficient (Wildman–Crippen LogP) is 2.36. The molecule has 0 aromatic heterocycles. The summed E-state index contributed by atoms with van der Waals surface area (Å²) in [6.45, 7) is 1.75. The Morgan fingerprint density at radius 1 is 1.07 bits per heavy atom. The van der Waals surface area contributed by atoms with Crippen molar-refractivity contribution in [1.82, 2.24) is 9.62 Å². The number of carbonyl (C=O) groups is 1. The molecule has 1 N–H and O–H groups in total. The zero-order chi connectivity index (χ0) is 20.1. The van der Waals surface area contributed by atoms with Crippen LogP contribution < -0.4 is 10.2 Å². The van der Waals surface area contributed by atoms with Gasteiger partial charge in [-0.15, -0.1) is 0 Å². The largest absolute Gasteiger partial charge is 0.369 e. The van der Waals surface area contributed by atoms with Crippen LogP contribution in [-0.4, -0.2) is 57.1 Å². The molecule has 1 amide bonds. The average molecular weight is 426 g/mol. The van der Waals surface area contributed by atoms with Gasteiger partial charge < -0.3 is 10.2 Å². The summed E-state index contributed by atoms with van der Waals surface area (Å²) in [6, 6.07) is 13.0. The second-order valence-corrected chi connectivity index (χ2v) is 8.94. The predicted molar refractivity (Wildman–Crippen MR) is 108 cm³/mol. The topological polar surface area (TPSA) is 69.7 Å². The van der Waals surface area contributed by atoms with E-state index in [1.807, 2.05) is 18.2 Å². The van der Waals surface area contributed by atoms with Gasteiger partial charge in [-0.05, 0) is 30.3 Å². The number of benzene rings is 2. The highest BCUT2D eigenvalue weighted by molar-refractivity contribution is 7.89. The number of rotatable bonds is 6. The summed E-state index contributed by atoms with van der Waals surface area (Å²) in [6.07, 6.45) is 0. The van der Waals surface area contributed by atoms with Gasteiger partial charge in [-0.2, -0.15) is 4.31 Å². The number of hydrogen-bond donors (Lipinski definition) is 1. The number of sulfonamides is 1. The van der Waals surface area contributed by atoms with Crippen LogP contribution in [0, 0.1) is 5.82 Å². The summed E-state index contributed by atoms with van der Waals surface area (Å²) in [4.78, 5) is 14.1. The highest BCUT2D eigenvalue weighted by atomic mass is 35.5. The summed E-state index contributed by atoms with van der Waals surface area (Å²) in [5.41, 5.74) is 0.858. The maximum Gasteiger partial charge on any atom is 0.254 e. The third kappa shape index (κ3) is 5.01. The molecule has 9 heteroatoms. The molecule has 28 heavy (non-hydrogen) atoms. The quantitative estimate of drug-likeness (QED) is 0.771. The van der Waals surface area contributed by atoms with Crippen LogP contribution in [0.2, 0.25) is 5.02 Å². The van der Waals surface area contributed by atoms with Gasteiger partial charge in [-0.1, -0.05) is 29.8 Å². The molecule has 2 aromatic rings.